The summed E-state index contributed by atoms with van der Waals surface area (Å²) in [5.41, 5.74) is 0. The Labute approximate surface area is 87.0 Å². The van der Waals surface area contributed by atoms with Crippen molar-refractivity contribution in [3.63, 3.8) is 0 Å². The van der Waals surface area contributed by atoms with Crippen LogP contribution < -0.4 is 0 Å². The Morgan fingerprint density at radius 2 is 2.29 bits per heavy atom. The second kappa shape index (κ2) is 4.80. The molecule has 0 atom stereocenters. The molecule has 0 unspecified atom stereocenters. The van der Waals surface area contributed by atoms with Gasteiger partial charge in [0, 0.05) is 14.1 Å². The molecule has 0 saturated carbocycles. The van der Waals surface area contributed by atoms with Crippen molar-refractivity contribution in [2.24, 2.45) is 0 Å². The van der Waals surface area contributed by atoms with E-state index in [2.05, 4.69) is 11.8 Å². The van der Waals surface area contributed by atoms with Gasteiger partial charge >= 0.3 is 0 Å². The van der Waals surface area contributed by atoms with E-state index in [1.807, 2.05) is 0 Å². The summed E-state index contributed by atoms with van der Waals surface area (Å²) in [7, 11) is 3.42. The molecule has 0 bridgehead atoms. The van der Waals surface area contributed by atoms with E-state index < -0.39 is 0 Å². The van der Waals surface area contributed by atoms with Crippen molar-refractivity contribution in [2.45, 2.75) is 0 Å². The minimum atomic E-state index is -0.158. The molecular weight excluding hydrogens is 198 g/mol. The number of hydrogen-bond acceptors (Lipinski definition) is 3. The van der Waals surface area contributed by atoms with Crippen molar-refractivity contribution in [2.75, 3.05) is 20.7 Å². The van der Waals surface area contributed by atoms with Crippen molar-refractivity contribution >= 4 is 17.2 Å². The standard InChI is InChI=1S/C10H11NO2S/c1-11(2)10(13)9-6-5-8(14-9)4-3-7-12/h5-6,12H,7H2,1-2H3. The average Bonchev–Trinajstić information content (AvgIpc) is 2.61. The summed E-state index contributed by atoms with van der Waals surface area (Å²) < 4.78 is 0. The van der Waals surface area contributed by atoms with Crippen LogP contribution in [0.1, 0.15) is 14.5 Å². The van der Waals surface area contributed by atoms with E-state index in [4.69, 9.17) is 5.11 Å². The molecule has 0 radical (unpaired) electrons. The van der Waals surface area contributed by atoms with Crippen LogP contribution >= 0.6 is 11.3 Å². The van der Waals surface area contributed by atoms with Gasteiger partial charge in [0.2, 0.25) is 0 Å². The zero-order valence-electron chi connectivity index (χ0n) is 8.07. The van der Waals surface area contributed by atoms with Crippen LogP contribution in [0.4, 0.5) is 0 Å². The van der Waals surface area contributed by atoms with Crippen molar-refractivity contribution in [1.82, 2.24) is 4.90 Å². The van der Waals surface area contributed by atoms with Gasteiger partial charge in [-0.1, -0.05) is 11.8 Å². The van der Waals surface area contributed by atoms with E-state index in [-0.39, 0.29) is 12.5 Å². The average molecular weight is 209 g/mol. The molecule has 1 rings (SSSR count). The Morgan fingerprint density at radius 3 is 2.86 bits per heavy atom. The predicted octanol–water partition coefficient (Wildman–Crippen LogP) is 0.794. The minimum absolute atomic E-state index is 0.0213. The van der Waals surface area contributed by atoms with E-state index >= 15 is 0 Å². The first-order valence-electron chi connectivity index (χ1n) is 4.06. The van der Waals surface area contributed by atoms with Gasteiger partial charge in [-0.15, -0.1) is 11.3 Å². The highest BCUT2D eigenvalue weighted by molar-refractivity contribution is 7.14. The number of rotatable bonds is 1. The van der Waals surface area contributed by atoms with Crippen LogP contribution in [0, 0.1) is 11.8 Å². The summed E-state index contributed by atoms with van der Waals surface area (Å²) in [4.78, 5) is 14.5. The summed E-state index contributed by atoms with van der Waals surface area (Å²) >= 11 is 1.33. The molecule has 0 aliphatic heterocycles. The first-order valence-corrected chi connectivity index (χ1v) is 4.88. The van der Waals surface area contributed by atoms with Crippen LogP contribution in [0.2, 0.25) is 0 Å². The third kappa shape index (κ3) is 2.59. The maximum atomic E-state index is 11.5. The van der Waals surface area contributed by atoms with Crippen molar-refractivity contribution in [1.29, 1.82) is 0 Å². The van der Waals surface area contributed by atoms with Gasteiger partial charge in [0.05, 0.1) is 9.75 Å². The molecule has 14 heavy (non-hydrogen) atoms. The first kappa shape index (κ1) is 10.8. The van der Waals surface area contributed by atoms with Gasteiger partial charge in [0.15, 0.2) is 0 Å². The number of carbonyl (C=O) groups excluding carboxylic acids is 1. The lowest BCUT2D eigenvalue weighted by Gasteiger charge is -2.06. The van der Waals surface area contributed by atoms with Crippen LogP contribution in [-0.2, 0) is 0 Å². The Morgan fingerprint density at radius 1 is 1.57 bits per heavy atom. The van der Waals surface area contributed by atoms with E-state index in [1.54, 1.807) is 26.2 Å². The van der Waals surface area contributed by atoms with Gasteiger partial charge < -0.3 is 10.0 Å². The number of amides is 1. The van der Waals surface area contributed by atoms with Crippen LogP contribution in [0.15, 0.2) is 12.1 Å². The summed E-state index contributed by atoms with van der Waals surface area (Å²) in [5, 5.41) is 8.49. The molecule has 74 valence electrons. The molecule has 0 saturated heterocycles. The lowest BCUT2D eigenvalue weighted by molar-refractivity contribution is 0.0832. The van der Waals surface area contributed by atoms with Crippen molar-refractivity contribution < 1.29 is 9.90 Å². The molecule has 0 fully saturated rings. The van der Waals surface area contributed by atoms with Gasteiger partial charge in [-0.3, -0.25) is 4.79 Å². The molecule has 1 amide bonds. The molecular formula is C10H11NO2S. The van der Waals surface area contributed by atoms with Crippen LogP contribution in [0.5, 0.6) is 0 Å². The zero-order chi connectivity index (χ0) is 10.6. The predicted molar refractivity (Wildman–Crippen MR) is 56.3 cm³/mol. The summed E-state index contributed by atoms with van der Waals surface area (Å²) in [5.74, 6) is 5.27. The second-order valence-corrected chi connectivity index (χ2v) is 3.91. The monoisotopic (exact) mass is 209 g/mol. The van der Waals surface area contributed by atoms with Gasteiger partial charge in [-0.05, 0) is 12.1 Å². The number of hydrogen-bond donors (Lipinski definition) is 1. The third-order valence-corrected chi connectivity index (χ3v) is 2.50. The van der Waals surface area contributed by atoms with Crippen molar-refractivity contribution in [3.8, 4) is 11.8 Å². The van der Waals surface area contributed by atoms with E-state index in [0.717, 1.165) is 4.88 Å². The highest BCUT2D eigenvalue weighted by Gasteiger charge is 2.09. The highest BCUT2D eigenvalue weighted by atomic mass is 32.1. The number of carbonyl (C=O) groups is 1. The fourth-order valence-electron chi connectivity index (χ4n) is 0.867. The highest BCUT2D eigenvalue weighted by Crippen LogP contribution is 2.16. The summed E-state index contributed by atoms with van der Waals surface area (Å²) in [6.07, 6.45) is 0. The summed E-state index contributed by atoms with van der Waals surface area (Å²) in [6.45, 7) is -0.158. The molecule has 0 aliphatic rings. The largest absolute Gasteiger partial charge is 0.384 e. The lowest BCUT2D eigenvalue weighted by Crippen LogP contribution is -2.20. The Bertz CT molecular complexity index is 384. The minimum Gasteiger partial charge on any atom is -0.384 e. The molecule has 3 nitrogen and oxygen atoms in total. The maximum absolute atomic E-state index is 11.5. The molecule has 1 heterocycles. The molecule has 0 aromatic carbocycles. The van der Waals surface area contributed by atoms with Crippen LogP contribution in [0.25, 0.3) is 0 Å². The zero-order valence-corrected chi connectivity index (χ0v) is 8.89. The van der Waals surface area contributed by atoms with Gasteiger partial charge in [0.1, 0.15) is 6.61 Å². The molecule has 0 aliphatic carbocycles. The lowest BCUT2D eigenvalue weighted by atomic mass is 10.4. The summed E-state index contributed by atoms with van der Waals surface area (Å²) in [6, 6.07) is 3.53. The Balaban J connectivity index is 2.83. The first-order chi connectivity index (χ1) is 6.65. The molecule has 4 heteroatoms. The topological polar surface area (TPSA) is 40.5 Å². The third-order valence-electron chi connectivity index (χ3n) is 1.51. The normalized spacial score (nSPS) is 9.07. The van der Waals surface area contributed by atoms with E-state index in [9.17, 15) is 4.79 Å². The quantitative estimate of drug-likeness (QED) is 0.695. The molecule has 1 aromatic heterocycles. The number of aliphatic hydroxyl groups excluding tert-OH is 1. The second-order valence-electron chi connectivity index (χ2n) is 2.82. The number of nitrogens with zero attached hydrogens (tertiary/aromatic N) is 1. The fourth-order valence-corrected chi connectivity index (χ4v) is 1.77. The smallest absolute Gasteiger partial charge is 0.263 e. The Kier molecular flexibility index (Phi) is 3.69. The van der Waals surface area contributed by atoms with E-state index in [0.29, 0.717) is 4.88 Å². The molecule has 1 aromatic rings. The van der Waals surface area contributed by atoms with Gasteiger partial charge in [-0.2, -0.15) is 0 Å². The number of thiophene rings is 1. The van der Waals surface area contributed by atoms with Crippen LogP contribution in [0.3, 0.4) is 0 Å². The SMILES string of the molecule is CN(C)C(=O)c1ccc(C#CCO)s1. The molecule has 0 spiro atoms. The van der Waals surface area contributed by atoms with E-state index in [1.165, 1.54) is 16.2 Å². The molecule has 1 N–H and O–H groups in total. The van der Waals surface area contributed by atoms with Crippen LogP contribution in [-0.4, -0.2) is 36.6 Å². The Hall–Kier alpha value is -1.31. The maximum Gasteiger partial charge on any atom is 0.263 e. The van der Waals surface area contributed by atoms with Crippen molar-refractivity contribution in [3.05, 3.63) is 21.9 Å². The number of aliphatic hydroxyl groups is 1. The van der Waals surface area contributed by atoms with Gasteiger partial charge in [0.25, 0.3) is 5.91 Å². The van der Waals surface area contributed by atoms with Gasteiger partial charge in [-0.25, -0.2) is 0 Å². The fraction of sp³-hybridized carbons (Fsp3) is 0.300.